The number of halogens is 1. The lowest BCUT2D eigenvalue weighted by atomic mass is 10.1. The molecule has 1 aromatic carbocycles. The van der Waals surface area contributed by atoms with Gasteiger partial charge in [-0.3, -0.25) is 4.79 Å². The fourth-order valence-electron chi connectivity index (χ4n) is 2.68. The third-order valence-electron chi connectivity index (χ3n) is 3.45. The van der Waals surface area contributed by atoms with Crippen LogP contribution < -0.4 is 9.47 Å². The maximum absolute atomic E-state index is 12.7. The molecule has 0 atom stereocenters. The van der Waals surface area contributed by atoms with E-state index in [1.54, 1.807) is 0 Å². The Morgan fingerprint density at radius 3 is 1.96 bits per heavy atom. The second-order valence-electron chi connectivity index (χ2n) is 5.92. The molecule has 0 aliphatic rings. The van der Waals surface area contributed by atoms with Crippen LogP contribution in [0.25, 0.3) is 0 Å². The molecule has 0 bridgehead atoms. The number of ether oxygens (including phenoxy) is 2. The molecule has 0 fully saturated rings. The van der Waals surface area contributed by atoms with Gasteiger partial charge in [0.15, 0.2) is 11.5 Å². The molecule has 130 valence electrons. The molecular weight excluding hydrogens is 358 g/mol. The molecule has 1 rings (SSSR count). The molecule has 23 heavy (non-hydrogen) atoms. The molecule has 0 heterocycles. The Hall–Kier alpha value is -1.23. The summed E-state index contributed by atoms with van der Waals surface area (Å²) < 4.78 is 12.1. The molecule has 0 aliphatic carbocycles. The highest BCUT2D eigenvalue weighted by Crippen LogP contribution is 2.34. The third kappa shape index (κ3) is 5.41. The van der Waals surface area contributed by atoms with E-state index in [9.17, 15) is 4.79 Å². The summed E-state index contributed by atoms with van der Waals surface area (Å²) in [5.74, 6) is 1.49. The maximum atomic E-state index is 12.7. The van der Waals surface area contributed by atoms with Gasteiger partial charge in [0, 0.05) is 16.6 Å². The summed E-state index contributed by atoms with van der Waals surface area (Å²) in [5.41, 5.74) is 0.910. The Balaban J connectivity index is 3.08. The van der Waals surface area contributed by atoms with Crippen LogP contribution in [0.15, 0.2) is 16.6 Å². The van der Waals surface area contributed by atoms with Crippen LogP contribution in [0.4, 0.5) is 0 Å². The maximum Gasteiger partial charge on any atom is 0.227 e. The second kappa shape index (κ2) is 9.16. The highest BCUT2D eigenvalue weighted by atomic mass is 79.9. The lowest BCUT2D eigenvalue weighted by Crippen LogP contribution is -2.42. The van der Waals surface area contributed by atoms with E-state index in [-0.39, 0.29) is 18.0 Å². The van der Waals surface area contributed by atoms with Crippen molar-refractivity contribution in [2.75, 3.05) is 13.2 Å². The Kier molecular flexibility index (Phi) is 7.89. The zero-order chi connectivity index (χ0) is 17.6. The molecule has 4 nitrogen and oxygen atoms in total. The van der Waals surface area contributed by atoms with Crippen molar-refractivity contribution in [3.63, 3.8) is 0 Å². The molecule has 0 unspecified atom stereocenters. The van der Waals surface area contributed by atoms with E-state index in [2.05, 4.69) is 15.9 Å². The lowest BCUT2D eigenvalue weighted by Gasteiger charge is -2.31. The summed E-state index contributed by atoms with van der Waals surface area (Å²) in [7, 11) is 0. The fraction of sp³-hybridized carbons (Fsp3) is 0.611. The minimum absolute atomic E-state index is 0.113. The average molecular weight is 386 g/mol. The summed E-state index contributed by atoms with van der Waals surface area (Å²) in [6.07, 6.45) is 0.337. The highest BCUT2D eigenvalue weighted by molar-refractivity contribution is 9.10. The number of hydrogen-bond donors (Lipinski definition) is 0. The van der Waals surface area contributed by atoms with Crippen molar-refractivity contribution >= 4 is 21.8 Å². The van der Waals surface area contributed by atoms with E-state index < -0.39 is 0 Å². The van der Waals surface area contributed by atoms with Gasteiger partial charge >= 0.3 is 0 Å². The largest absolute Gasteiger partial charge is 0.490 e. The van der Waals surface area contributed by atoms with E-state index >= 15 is 0 Å². The van der Waals surface area contributed by atoms with E-state index in [1.165, 1.54) is 0 Å². The van der Waals surface area contributed by atoms with Crippen molar-refractivity contribution in [1.82, 2.24) is 4.90 Å². The molecule has 0 spiro atoms. The Labute approximate surface area is 148 Å². The van der Waals surface area contributed by atoms with Crippen molar-refractivity contribution in [2.24, 2.45) is 0 Å². The van der Waals surface area contributed by atoms with Crippen LogP contribution in [0.2, 0.25) is 0 Å². The normalized spacial score (nSPS) is 11.0. The van der Waals surface area contributed by atoms with E-state index in [0.717, 1.165) is 10.0 Å². The number of rotatable bonds is 8. The minimum atomic E-state index is 0.113. The van der Waals surface area contributed by atoms with E-state index in [1.807, 2.05) is 58.6 Å². The summed E-state index contributed by atoms with van der Waals surface area (Å²) in [6, 6.07) is 4.13. The van der Waals surface area contributed by atoms with Gasteiger partial charge in [-0.15, -0.1) is 0 Å². The monoisotopic (exact) mass is 385 g/mol. The Morgan fingerprint density at radius 2 is 1.52 bits per heavy atom. The molecule has 0 aromatic heterocycles. The second-order valence-corrected chi connectivity index (χ2v) is 6.78. The third-order valence-corrected chi connectivity index (χ3v) is 4.19. The van der Waals surface area contributed by atoms with Crippen LogP contribution >= 0.6 is 15.9 Å². The van der Waals surface area contributed by atoms with Crippen LogP contribution in [-0.2, 0) is 11.2 Å². The number of carbonyl (C=O) groups is 1. The van der Waals surface area contributed by atoms with Crippen LogP contribution in [0.1, 0.15) is 47.1 Å². The van der Waals surface area contributed by atoms with Gasteiger partial charge < -0.3 is 14.4 Å². The van der Waals surface area contributed by atoms with Gasteiger partial charge in [0.25, 0.3) is 0 Å². The van der Waals surface area contributed by atoms with Gasteiger partial charge in [0.2, 0.25) is 5.91 Å². The van der Waals surface area contributed by atoms with Crippen LogP contribution in [-0.4, -0.2) is 36.1 Å². The van der Waals surface area contributed by atoms with Crippen molar-refractivity contribution in [3.05, 3.63) is 22.2 Å². The molecule has 0 N–H and O–H groups in total. The molecular formula is C18H28BrNO3. The predicted molar refractivity (Wildman–Crippen MR) is 97.3 cm³/mol. The first-order valence-electron chi connectivity index (χ1n) is 8.20. The number of hydrogen-bond acceptors (Lipinski definition) is 3. The van der Waals surface area contributed by atoms with Gasteiger partial charge in [0.1, 0.15) is 0 Å². The first-order valence-corrected chi connectivity index (χ1v) is 9.00. The molecule has 0 saturated heterocycles. The molecule has 5 heteroatoms. The summed E-state index contributed by atoms with van der Waals surface area (Å²) in [4.78, 5) is 14.6. The first kappa shape index (κ1) is 19.8. The predicted octanol–water partition coefficient (Wildman–Crippen LogP) is 4.43. The summed E-state index contributed by atoms with van der Waals surface area (Å²) >= 11 is 3.55. The Bertz CT molecular complexity index is 521. The molecule has 0 aliphatic heterocycles. The summed E-state index contributed by atoms with van der Waals surface area (Å²) in [5, 5.41) is 0. The van der Waals surface area contributed by atoms with Crippen LogP contribution in [0, 0.1) is 0 Å². The number of carbonyl (C=O) groups excluding carboxylic acids is 1. The van der Waals surface area contributed by atoms with Gasteiger partial charge in [-0.05, 0) is 59.2 Å². The SMILES string of the molecule is CCOc1cc(Br)c(CC(=O)N(C(C)C)C(C)C)cc1OCC. The van der Waals surface area contributed by atoms with E-state index in [4.69, 9.17) is 9.47 Å². The zero-order valence-corrected chi connectivity index (χ0v) is 16.6. The van der Waals surface area contributed by atoms with E-state index in [0.29, 0.717) is 31.1 Å². The molecule has 1 amide bonds. The van der Waals surface area contributed by atoms with Crippen LogP contribution in [0.5, 0.6) is 11.5 Å². The van der Waals surface area contributed by atoms with Gasteiger partial charge in [0.05, 0.1) is 19.6 Å². The zero-order valence-electron chi connectivity index (χ0n) is 15.0. The van der Waals surface area contributed by atoms with Crippen molar-refractivity contribution in [3.8, 4) is 11.5 Å². The molecule has 0 saturated carbocycles. The van der Waals surface area contributed by atoms with Crippen molar-refractivity contribution in [1.29, 1.82) is 0 Å². The molecule has 0 radical (unpaired) electrons. The summed E-state index contributed by atoms with van der Waals surface area (Å²) in [6.45, 7) is 13.1. The number of nitrogens with zero attached hydrogens (tertiary/aromatic N) is 1. The quantitative estimate of drug-likeness (QED) is 0.663. The van der Waals surface area contributed by atoms with Crippen molar-refractivity contribution < 1.29 is 14.3 Å². The fourth-order valence-corrected chi connectivity index (χ4v) is 3.14. The lowest BCUT2D eigenvalue weighted by molar-refractivity contribution is -0.134. The topological polar surface area (TPSA) is 38.8 Å². The smallest absolute Gasteiger partial charge is 0.227 e. The van der Waals surface area contributed by atoms with Gasteiger partial charge in [-0.2, -0.15) is 0 Å². The van der Waals surface area contributed by atoms with Crippen LogP contribution in [0.3, 0.4) is 0 Å². The van der Waals surface area contributed by atoms with Crippen molar-refractivity contribution in [2.45, 2.75) is 60.0 Å². The minimum Gasteiger partial charge on any atom is -0.490 e. The first-order chi connectivity index (χ1) is 10.8. The number of amides is 1. The van der Waals surface area contributed by atoms with Gasteiger partial charge in [-0.25, -0.2) is 0 Å². The number of benzene rings is 1. The Morgan fingerprint density at radius 1 is 1.04 bits per heavy atom. The molecule has 1 aromatic rings. The standard InChI is InChI=1S/C18H28BrNO3/c1-7-22-16-9-14(15(19)11-17(16)23-8-2)10-18(21)20(12(3)4)13(5)6/h9,11-13H,7-8,10H2,1-6H3. The average Bonchev–Trinajstić information content (AvgIpc) is 2.43. The van der Waals surface area contributed by atoms with Gasteiger partial charge in [-0.1, -0.05) is 15.9 Å². The highest BCUT2D eigenvalue weighted by Gasteiger charge is 2.22.